The molecule has 0 atom stereocenters. The molecule has 4 heteroatoms. The smallest absolute Gasteiger partial charge is 0.277 e. The second kappa shape index (κ2) is 3.48. The predicted molar refractivity (Wildman–Crippen MR) is 60.1 cm³/mol. The molecule has 0 fully saturated rings. The van der Waals surface area contributed by atoms with E-state index >= 15 is 0 Å². The number of rotatable bonds is 1. The molecule has 1 aliphatic rings. The van der Waals surface area contributed by atoms with E-state index in [0.29, 0.717) is 11.1 Å². The highest BCUT2D eigenvalue weighted by Gasteiger charge is 2.34. The van der Waals surface area contributed by atoms with E-state index in [-0.39, 0.29) is 11.6 Å². The molecule has 1 aromatic rings. The van der Waals surface area contributed by atoms with Crippen molar-refractivity contribution in [3.63, 3.8) is 0 Å². The Hall–Kier alpha value is -2.10. The van der Waals surface area contributed by atoms with Gasteiger partial charge in [-0.15, -0.1) is 0 Å². The Morgan fingerprint density at radius 2 is 1.62 bits per heavy atom. The molecule has 1 aromatic carbocycles. The van der Waals surface area contributed by atoms with Gasteiger partial charge in [-0.3, -0.25) is 14.5 Å². The normalized spacial score (nSPS) is 16.2. The lowest BCUT2D eigenvalue weighted by Gasteiger charge is -2.06. The fourth-order valence-electron chi connectivity index (χ4n) is 1.66. The van der Waals surface area contributed by atoms with Crippen LogP contribution < -0.4 is 5.73 Å². The van der Waals surface area contributed by atoms with Crippen molar-refractivity contribution in [2.75, 3.05) is 7.05 Å². The highest BCUT2D eigenvalue weighted by Crippen LogP contribution is 2.25. The molecule has 0 spiro atoms. The van der Waals surface area contributed by atoms with Crippen molar-refractivity contribution in [2.45, 2.75) is 6.92 Å². The first-order valence-electron chi connectivity index (χ1n) is 4.91. The van der Waals surface area contributed by atoms with Gasteiger partial charge < -0.3 is 5.73 Å². The second-order valence-corrected chi connectivity index (χ2v) is 3.82. The summed E-state index contributed by atoms with van der Waals surface area (Å²) in [4.78, 5) is 24.3. The van der Waals surface area contributed by atoms with Crippen LogP contribution in [0.4, 0.5) is 0 Å². The molecule has 2 N–H and O–H groups in total. The standard InChI is InChI=1S/C12H12N2O2/c1-7-3-5-8(6-4-7)9-10(13)12(16)14(2)11(9)15/h3-6H,13H2,1-2H3. The number of carbonyl (C=O) groups is 2. The second-order valence-electron chi connectivity index (χ2n) is 3.82. The van der Waals surface area contributed by atoms with Gasteiger partial charge in [-0.1, -0.05) is 29.8 Å². The first-order chi connectivity index (χ1) is 7.52. The molecule has 0 radical (unpaired) electrons. The van der Waals surface area contributed by atoms with E-state index < -0.39 is 5.91 Å². The average Bonchev–Trinajstić information content (AvgIpc) is 2.46. The number of nitrogens with zero attached hydrogens (tertiary/aromatic N) is 1. The molecule has 0 saturated heterocycles. The van der Waals surface area contributed by atoms with Crippen LogP contribution in [-0.2, 0) is 9.59 Å². The van der Waals surface area contributed by atoms with Crippen molar-refractivity contribution in [2.24, 2.45) is 5.73 Å². The molecule has 0 unspecified atom stereocenters. The van der Waals surface area contributed by atoms with Crippen LogP contribution in [0, 0.1) is 6.92 Å². The minimum Gasteiger partial charge on any atom is -0.394 e. The lowest BCUT2D eigenvalue weighted by molar-refractivity contribution is -0.135. The van der Waals surface area contributed by atoms with Gasteiger partial charge in [-0.2, -0.15) is 0 Å². The maximum atomic E-state index is 11.8. The van der Waals surface area contributed by atoms with Crippen molar-refractivity contribution in [3.8, 4) is 0 Å². The van der Waals surface area contributed by atoms with E-state index in [9.17, 15) is 9.59 Å². The molecule has 2 rings (SSSR count). The maximum absolute atomic E-state index is 11.8. The van der Waals surface area contributed by atoms with Gasteiger partial charge in [0.05, 0.1) is 5.57 Å². The Morgan fingerprint density at radius 1 is 1.06 bits per heavy atom. The molecule has 16 heavy (non-hydrogen) atoms. The number of hydrogen-bond donors (Lipinski definition) is 1. The highest BCUT2D eigenvalue weighted by atomic mass is 16.2. The van der Waals surface area contributed by atoms with Gasteiger partial charge in [0.2, 0.25) is 0 Å². The van der Waals surface area contributed by atoms with Crippen LogP contribution in [0.1, 0.15) is 11.1 Å². The third kappa shape index (κ3) is 1.39. The molecule has 0 saturated carbocycles. The van der Waals surface area contributed by atoms with Crippen molar-refractivity contribution in [1.82, 2.24) is 4.90 Å². The van der Waals surface area contributed by atoms with Crippen LogP contribution in [0.3, 0.4) is 0 Å². The van der Waals surface area contributed by atoms with E-state index in [1.807, 2.05) is 19.1 Å². The number of aryl methyl sites for hydroxylation is 1. The summed E-state index contributed by atoms with van der Waals surface area (Å²) in [5.74, 6) is -0.771. The monoisotopic (exact) mass is 216 g/mol. The quantitative estimate of drug-likeness (QED) is 0.701. The summed E-state index contributed by atoms with van der Waals surface area (Å²) in [5.41, 5.74) is 7.74. The Labute approximate surface area is 93.3 Å². The number of carbonyl (C=O) groups excluding carboxylic acids is 2. The molecule has 0 bridgehead atoms. The molecular formula is C12H12N2O2. The van der Waals surface area contributed by atoms with E-state index in [2.05, 4.69) is 0 Å². The summed E-state index contributed by atoms with van der Waals surface area (Å²) < 4.78 is 0. The number of imide groups is 1. The summed E-state index contributed by atoms with van der Waals surface area (Å²) in [6.45, 7) is 1.95. The van der Waals surface area contributed by atoms with Crippen LogP contribution in [0.25, 0.3) is 5.57 Å². The summed E-state index contributed by atoms with van der Waals surface area (Å²) in [6, 6.07) is 7.35. The minimum atomic E-state index is -0.430. The summed E-state index contributed by atoms with van der Waals surface area (Å²) in [6.07, 6.45) is 0. The summed E-state index contributed by atoms with van der Waals surface area (Å²) >= 11 is 0. The van der Waals surface area contributed by atoms with E-state index in [1.165, 1.54) is 7.05 Å². The first-order valence-corrected chi connectivity index (χ1v) is 4.91. The van der Waals surface area contributed by atoms with Gasteiger partial charge in [-0.05, 0) is 12.5 Å². The van der Waals surface area contributed by atoms with E-state index in [4.69, 9.17) is 5.73 Å². The Bertz CT molecular complexity index is 500. The van der Waals surface area contributed by atoms with Gasteiger partial charge in [0.15, 0.2) is 0 Å². The van der Waals surface area contributed by atoms with Gasteiger partial charge in [0.1, 0.15) is 5.70 Å². The molecular weight excluding hydrogens is 204 g/mol. The Kier molecular flexibility index (Phi) is 2.27. The third-order valence-corrected chi connectivity index (χ3v) is 2.66. The zero-order valence-electron chi connectivity index (χ0n) is 9.15. The number of amides is 2. The summed E-state index contributed by atoms with van der Waals surface area (Å²) in [7, 11) is 1.43. The minimum absolute atomic E-state index is 0.0244. The van der Waals surface area contributed by atoms with Crippen LogP contribution in [0.15, 0.2) is 30.0 Å². The fourth-order valence-corrected chi connectivity index (χ4v) is 1.66. The lowest BCUT2D eigenvalue weighted by Crippen LogP contribution is -2.28. The number of nitrogens with two attached hydrogens (primary N) is 1. The average molecular weight is 216 g/mol. The zero-order valence-corrected chi connectivity index (χ0v) is 9.15. The van der Waals surface area contributed by atoms with E-state index in [0.717, 1.165) is 10.5 Å². The Morgan fingerprint density at radius 3 is 2.06 bits per heavy atom. The van der Waals surface area contributed by atoms with Crippen molar-refractivity contribution in [3.05, 3.63) is 41.1 Å². The van der Waals surface area contributed by atoms with E-state index in [1.54, 1.807) is 12.1 Å². The Balaban J connectivity index is 2.52. The first kappa shape index (κ1) is 10.4. The molecule has 1 aliphatic heterocycles. The topological polar surface area (TPSA) is 63.4 Å². The van der Waals surface area contributed by atoms with Crippen LogP contribution in [-0.4, -0.2) is 23.8 Å². The highest BCUT2D eigenvalue weighted by molar-refractivity contribution is 6.35. The van der Waals surface area contributed by atoms with Gasteiger partial charge in [0, 0.05) is 7.05 Å². The van der Waals surface area contributed by atoms with Crippen molar-refractivity contribution < 1.29 is 9.59 Å². The number of hydrogen-bond acceptors (Lipinski definition) is 3. The number of benzene rings is 1. The summed E-state index contributed by atoms with van der Waals surface area (Å²) in [5, 5.41) is 0. The third-order valence-electron chi connectivity index (χ3n) is 2.66. The van der Waals surface area contributed by atoms with Gasteiger partial charge in [0.25, 0.3) is 11.8 Å². The largest absolute Gasteiger partial charge is 0.394 e. The zero-order chi connectivity index (χ0) is 11.9. The van der Waals surface area contributed by atoms with Crippen molar-refractivity contribution in [1.29, 1.82) is 0 Å². The van der Waals surface area contributed by atoms with Crippen LogP contribution in [0.5, 0.6) is 0 Å². The molecule has 4 nitrogen and oxygen atoms in total. The lowest BCUT2D eigenvalue weighted by atomic mass is 10.0. The van der Waals surface area contributed by atoms with Crippen LogP contribution >= 0.6 is 0 Å². The molecule has 0 aromatic heterocycles. The SMILES string of the molecule is Cc1ccc(C2=C(N)C(=O)N(C)C2=O)cc1. The molecule has 1 heterocycles. The van der Waals surface area contributed by atoms with Gasteiger partial charge >= 0.3 is 0 Å². The van der Waals surface area contributed by atoms with Crippen LogP contribution in [0.2, 0.25) is 0 Å². The predicted octanol–water partition coefficient (Wildman–Crippen LogP) is 0.663. The maximum Gasteiger partial charge on any atom is 0.277 e. The van der Waals surface area contributed by atoms with Gasteiger partial charge in [-0.25, -0.2) is 0 Å². The number of likely N-dealkylation sites (N-methyl/N-ethyl adjacent to an activating group) is 1. The van der Waals surface area contributed by atoms with Crippen molar-refractivity contribution >= 4 is 17.4 Å². The molecule has 2 amide bonds. The molecule has 0 aliphatic carbocycles. The fraction of sp³-hybridized carbons (Fsp3) is 0.167. The molecule has 82 valence electrons.